The lowest BCUT2D eigenvalue weighted by Gasteiger charge is -2.07. The Bertz CT molecular complexity index is 1230. The molecule has 152 valence electrons. The van der Waals surface area contributed by atoms with E-state index in [1.54, 1.807) is 35.9 Å². The third kappa shape index (κ3) is 3.73. The average molecular weight is 474 g/mol. The molecule has 2 aromatic carbocycles. The lowest BCUT2D eigenvalue weighted by atomic mass is 10.1. The summed E-state index contributed by atoms with van der Waals surface area (Å²) in [4.78, 5) is 10.5. The number of benzene rings is 2. The van der Waals surface area contributed by atoms with Gasteiger partial charge >= 0.3 is 5.82 Å². The molecule has 0 bridgehead atoms. The minimum absolute atomic E-state index is 0.0895. The highest BCUT2D eigenvalue weighted by atomic mass is 79.9. The average Bonchev–Trinajstić information content (AvgIpc) is 3.24. The summed E-state index contributed by atoms with van der Waals surface area (Å²) in [5.74, 6) is -1.01. The number of nitrogens with zero attached hydrogens (tertiary/aromatic N) is 5. The lowest BCUT2D eigenvalue weighted by Crippen LogP contribution is -2.13. The van der Waals surface area contributed by atoms with Crippen LogP contribution in [-0.4, -0.2) is 24.5 Å². The zero-order valence-electron chi connectivity index (χ0n) is 15.6. The summed E-state index contributed by atoms with van der Waals surface area (Å²) >= 11 is 3.56. The fourth-order valence-electron chi connectivity index (χ4n) is 3.07. The third-order valence-electron chi connectivity index (χ3n) is 4.55. The van der Waals surface area contributed by atoms with Gasteiger partial charge in [0.1, 0.15) is 17.3 Å². The van der Waals surface area contributed by atoms with Crippen molar-refractivity contribution in [1.82, 2.24) is 19.6 Å². The Labute approximate surface area is 177 Å². The Kier molecular flexibility index (Phi) is 5.17. The molecule has 0 aliphatic rings. The van der Waals surface area contributed by atoms with Crippen LogP contribution in [0.4, 0.5) is 14.6 Å². The van der Waals surface area contributed by atoms with Gasteiger partial charge in [-0.1, -0.05) is 0 Å². The molecular formula is C20H14BrF2N5O2. The minimum Gasteiger partial charge on any atom is -0.358 e. The molecule has 10 heteroatoms. The summed E-state index contributed by atoms with van der Waals surface area (Å²) in [6.45, 7) is 1.79. The molecule has 30 heavy (non-hydrogen) atoms. The van der Waals surface area contributed by atoms with Gasteiger partial charge in [-0.05, 0) is 76.3 Å². The van der Waals surface area contributed by atoms with E-state index in [0.29, 0.717) is 32.7 Å². The van der Waals surface area contributed by atoms with Crippen molar-refractivity contribution in [3.05, 3.63) is 86.5 Å². The summed E-state index contributed by atoms with van der Waals surface area (Å²) in [6, 6.07) is 13.1. The van der Waals surface area contributed by atoms with E-state index in [1.807, 2.05) is 0 Å². The van der Waals surface area contributed by atoms with Crippen LogP contribution >= 0.6 is 15.9 Å². The first kappa shape index (κ1) is 19.9. The number of aryl methyl sites for hydroxylation is 1. The zero-order valence-corrected chi connectivity index (χ0v) is 17.2. The topological polar surface area (TPSA) is 78.8 Å². The maximum atomic E-state index is 13.4. The number of nitro groups is 1. The van der Waals surface area contributed by atoms with Crippen molar-refractivity contribution in [3.8, 4) is 22.5 Å². The second-order valence-electron chi connectivity index (χ2n) is 6.57. The smallest absolute Gasteiger partial charge is 0.358 e. The van der Waals surface area contributed by atoms with Gasteiger partial charge in [0.2, 0.25) is 0 Å². The third-order valence-corrected chi connectivity index (χ3v) is 5.30. The Morgan fingerprint density at radius 2 is 1.53 bits per heavy atom. The lowest BCUT2D eigenvalue weighted by molar-refractivity contribution is -0.389. The molecule has 0 aliphatic heterocycles. The molecule has 4 aromatic rings. The second-order valence-corrected chi connectivity index (χ2v) is 7.36. The minimum atomic E-state index is -0.562. The van der Waals surface area contributed by atoms with E-state index < -0.39 is 4.92 Å². The molecule has 0 atom stereocenters. The monoisotopic (exact) mass is 473 g/mol. The van der Waals surface area contributed by atoms with E-state index in [4.69, 9.17) is 0 Å². The molecule has 0 saturated carbocycles. The van der Waals surface area contributed by atoms with E-state index in [9.17, 15) is 18.9 Å². The zero-order chi connectivity index (χ0) is 21.4. The number of hydrogen-bond acceptors (Lipinski definition) is 4. The molecule has 2 aromatic heterocycles. The van der Waals surface area contributed by atoms with Crippen LogP contribution in [-0.2, 0) is 6.67 Å². The first-order chi connectivity index (χ1) is 14.3. The van der Waals surface area contributed by atoms with Crippen LogP contribution in [0.15, 0.2) is 59.1 Å². The molecule has 0 fully saturated rings. The van der Waals surface area contributed by atoms with Gasteiger partial charge in [-0.25, -0.2) is 13.5 Å². The van der Waals surface area contributed by atoms with Crippen LogP contribution in [0.2, 0.25) is 0 Å². The maximum Gasteiger partial charge on any atom is 0.390 e. The van der Waals surface area contributed by atoms with Gasteiger partial charge < -0.3 is 10.1 Å². The van der Waals surface area contributed by atoms with Crippen molar-refractivity contribution < 1.29 is 13.7 Å². The summed E-state index contributed by atoms with van der Waals surface area (Å²) in [5.41, 5.74) is 3.12. The summed E-state index contributed by atoms with van der Waals surface area (Å²) < 4.78 is 30.5. The molecule has 4 rings (SSSR count). The van der Waals surface area contributed by atoms with E-state index in [1.165, 1.54) is 35.0 Å². The molecular weight excluding hydrogens is 460 g/mol. The van der Waals surface area contributed by atoms with E-state index in [-0.39, 0.29) is 24.1 Å². The largest absolute Gasteiger partial charge is 0.390 e. The van der Waals surface area contributed by atoms with Crippen LogP contribution in [0, 0.1) is 28.7 Å². The van der Waals surface area contributed by atoms with Crippen LogP contribution in [0.25, 0.3) is 22.5 Å². The number of halogens is 3. The van der Waals surface area contributed by atoms with Crippen molar-refractivity contribution in [2.45, 2.75) is 13.6 Å². The van der Waals surface area contributed by atoms with Crippen molar-refractivity contribution in [3.63, 3.8) is 0 Å². The molecule has 0 unspecified atom stereocenters. The highest BCUT2D eigenvalue weighted by Crippen LogP contribution is 2.37. The first-order valence-electron chi connectivity index (χ1n) is 8.80. The summed E-state index contributed by atoms with van der Waals surface area (Å²) in [6.07, 6.45) is 0. The highest BCUT2D eigenvalue weighted by Gasteiger charge is 2.22. The van der Waals surface area contributed by atoms with Crippen LogP contribution in [0.1, 0.15) is 5.69 Å². The molecule has 0 N–H and O–H groups in total. The molecule has 7 nitrogen and oxygen atoms in total. The molecule has 2 heterocycles. The van der Waals surface area contributed by atoms with Crippen molar-refractivity contribution >= 4 is 21.7 Å². The molecule has 0 saturated heterocycles. The fraction of sp³-hybridized carbons (Fsp3) is 0.100. The van der Waals surface area contributed by atoms with E-state index in [0.717, 1.165) is 0 Å². The van der Waals surface area contributed by atoms with Crippen LogP contribution in [0.3, 0.4) is 0 Å². The van der Waals surface area contributed by atoms with Gasteiger partial charge in [-0.15, -0.1) is 0 Å². The Morgan fingerprint density at radius 1 is 0.967 bits per heavy atom. The van der Waals surface area contributed by atoms with Gasteiger partial charge in [0.25, 0.3) is 0 Å². The van der Waals surface area contributed by atoms with Gasteiger partial charge in [-0.2, -0.15) is 9.78 Å². The van der Waals surface area contributed by atoms with E-state index in [2.05, 4.69) is 26.1 Å². The van der Waals surface area contributed by atoms with E-state index >= 15 is 0 Å². The molecule has 0 amide bonds. The van der Waals surface area contributed by atoms with Crippen molar-refractivity contribution in [2.24, 2.45) is 0 Å². The van der Waals surface area contributed by atoms with Crippen molar-refractivity contribution in [1.29, 1.82) is 0 Å². The Hall–Kier alpha value is -3.40. The standard InChI is InChI=1S/C20H14BrF2N5O2/c1-12-10-17(28(29)30)24-26(12)11-27-20(14-4-8-16(23)9-5-14)18(21)19(25-27)13-2-6-15(22)7-3-13/h2-10H,11H2,1H3. The summed E-state index contributed by atoms with van der Waals surface area (Å²) in [5, 5.41) is 19.7. The first-order valence-corrected chi connectivity index (χ1v) is 9.60. The molecule has 0 spiro atoms. The van der Waals surface area contributed by atoms with Gasteiger partial charge in [0.05, 0.1) is 27.0 Å². The van der Waals surface area contributed by atoms with Crippen LogP contribution < -0.4 is 0 Å². The number of rotatable bonds is 5. The summed E-state index contributed by atoms with van der Waals surface area (Å²) in [7, 11) is 0. The maximum absolute atomic E-state index is 13.4. The quantitative estimate of drug-likeness (QED) is 0.295. The predicted octanol–water partition coefficient (Wildman–Crippen LogP) is 5.18. The number of aromatic nitrogens is 4. The Balaban J connectivity index is 1.85. The second kappa shape index (κ2) is 7.79. The molecule has 0 radical (unpaired) electrons. The number of hydrogen-bond donors (Lipinski definition) is 0. The van der Waals surface area contributed by atoms with Gasteiger partial charge in [-0.3, -0.25) is 0 Å². The SMILES string of the molecule is Cc1cc([N+](=O)[O-])nn1Cn1nc(-c2ccc(F)cc2)c(Br)c1-c1ccc(F)cc1. The van der Waals surface area contributed by atoms with Crippen LogP contribution in [0.5, 0.6) is 0 Å². The predicted molar refractivity (Wildman–Crippen MR) is 110 cm³/mol. The normalized spacial score (nSPS) is 11.1. The van der Waals surface area contributed by atoms with Gasteiger partial charge in [0, 0.05) is 11.1 Å². The fourth-order valence-corrected chi connectivity index (χ4v) is 3.81. The van der Waals surface area contributed by atoms with Gasteiger partial charge in [0.15, 0.2) is 6.67 Å². The Morgan fingerprint density at radius 3 is 2.07 bits per heavy atom. The highest BCUT2D eigenvalue weighted by molar-refractivity contribution is 9.10. The molecule has 0 aliphatic carbocycles. The van der Waals surface area contributed by atoms with Crippen molar-refractivity contribution in [2.75, 3.05) is 0 Å².